The molecule has 0 radical (unpaired) electrons. The van der Waals surface area contributed by atoms with Gasteiger partial charge in [0, 0.05) is 18.8 Å². The number of benzene rings is 3. The molecule has 34 heavy (non-hydrogen) atoms. The van der Waals surface area contributed by atoms with Crippen LogP contribution in [-0.2, 0) is 24.8 Å². The predicted octanol–water partition coefficient (Wildman–Crippen LogP) is 2.56. The van der Waals surface area contributed by atoms with Crippen molar-refractivity contribution in [3.05, 3.63) is 72.3 Å². The Bertz CT molecular complexity index is 1440. The first kappa shape index (κ1) is 24.7. The van der Waals surface area contributed by atoms with Gasteiger partial charge < -0.3 is 0 Å². The molecule has 0 aliphatic carbocycles. The summed E-state index contributed by atoms with van der Waals surface area (Å²) in [6.45, 7) is 1.87. The number of hydrazine groups is 1. The van der Waals surface area contributed by atoms with Crippen molar-refractivity contribution in [2.75, 3.05) is 13.6 Å². The van der Waals surface area contributed by atoms with Gasteiger partial charge in [0.15, 0.2) is 0 Å². The molecule has 0 spiro atoms. The van der Waals surface area contributed by atoms with Gasteiger partial charge >= 0.3 is 0 Å². The minimum absolute atomic E-state index is 0.0139. The largest absolute Gasteiger partial charge is 0.274 e. The highest BCUT2D eigenvalue weighted by Crippen LogP contribution is 2.30. The van der Waals surface area contributed by atoms with Crippen molar-refractivity contribution in [3.8, 4) is 0 Å². The van der Waals surface area contributed by atoms with Crippen molar-refractivity contribution in [2.24, 2.45) is 0 Å². The van der Waals surface area contributed by atoms with Gasteiger partial charge in [0.25, 0.3) is 15.9 Å². The zero-order chi connectivity index (χ0) is 24.7. The first-order valence-corrected chi connectivity index (χ1v) is 13.9. The van der Waals surface area contributed by atoms with Crippen molar-refractivity contribution < 1.29 is 21.6 Å². The van der Waals surface area contributed by atoms with Crippen LogP contribution in [0, 0.1) is 6.92 Å². The minimum Gasteiger partial charge on any atom is -0.274 e. The number of carbonyl (C=O) groups is 1. The SMILES string of the molecule is Cc1ccc(S(=O)(=O)N(C)NC(=O)[C@@H]2C[C@@H](S)CN2S(=O)(=O)c2ccc3ccccc3c2)cc1. The average Bonchev–Trinajstić information content (AvgIpc) is 3.21. The summed E-state index contributed by atoms with van der Waals surface area (Å²) in [4.78, 5) is 13.2. The van der Waals surface area contributed by atoms with Crippen molar-refractivity contribution in [1.29, 1.82) is 0 Å². The Morgan fingerprint density at radius 2 is 1.59 bits per heavy atom. The van der Waals surface area contributed by atoms with Gasteiger partial charge in [-0.3, -0.25) is 10.2 Å². The van der Waals surface area contributed by atoms with Gasteiger partial charge in [-0.1, -0.05) is 48.0 Å². The van der Waals surface area contributed by atoms with Crippen LogP contribution >= 0.6 is 12.6 Å². The predicted molar refractivity (Wildman–Crippen MR) is 133 cm³/mol. The minimum atomic E-state index is -4.03. The van der Waals surface area contributed by atoms with Gasteiger partial charge in [-0.2, -0.15) is 16.9 Å². The Balaban J connectivity index is 1.58. The van der Waals surface area contributed by atoms with E-state index in [-0.39, 0.29) is 28.0 Å². The first-order valence-electron chi connectivity index (χ1n) is 10.5. The summed E-state index contributed by atoms with van der Waals surface area (Å²) in [6.07, 6.45) is 0.153. The Labute approximate surface area is 205 Å². The van der Waals surface area contributed by atoms with E-state index in [9.17, 15) is 21.6 Å². The molecule has 1 N–H and O–H groups in total. The Kier molecular flexibility index (Phi) is 6.76. The maximum absolute atomic E-state index is 13.5. The van der Waals surface area contributed by atoms with Crippen LogP contribution in [0.4, 0.5) is 0 Å². The van der Waals surface area contributed by atoms with E-state index in [0.29, 0.717) is 4.41 Å². The fraction of sp³-hybridized carbons (Fsp3) is 0.261. The van der Waals surface area contributed by atoms with E-state index >= 15 is 0 Å². The molecule has 11 heteroatoms. The van der Waals surface area contributed by atoms with Crippen LogP contribution in [0.3, 0.4) is 0 Å². The molecule has 180 valence electrons. The van der Waals surface area contributed by atoms with Gasteiger partial charge in [0.1, 0.15) is 6.04 Å². The summed E-state index contributed by atoms with van der Waals surface area (Å²) in [7, 11) is -6.83. The number of carbonyl (C=O) groups excluding carboxylic acids is 1. The number of thiol groups is 1. The quantitative estimate of drug-likeness (QED) is 0.385. The molecule has 2 atom stereocenters. The van der Waals surface area contributed by atoms with Crippen molar-refractivity contribution in [1.82, 2.24) is 14.1 Å². The third kappa shape index (κ3) is 4.71. The monoisotopic (exact) mass is 519 g/mol. The van der Waals surface area contributed by atoms with Crippen LogP contribution in [0.25, 0.3) is 10.8 Å². The summed E-state index contributed by atoms with van der Waals surface area (Å²) in [5.74, 6) is -0.737. The summed E-state index contributed by atoms with van der Waals surface area (Å²) >= 11 is 4.41. The molecule has 1 aliphatic heterocycles. The van der Waals surface area contributed by atoms with E-state index < -0.39 is 32.0 Å². The highest BCUT2D eigenvalue weighted by Gasteiger charge is 2.43. The van der Waals surface area contributed by atoms with Gasteiger partial charge in [-0.05, 0) is 48.4 Å². The molecule has 1 amide bonds. The van der Waals surface area contributed by atoms with Crippen molar-refractivity contribution in [2.45, 2.75) is 34.4 Å². The number of nitrogens with zero attached hydrogens (tertiary/aromatic N) is 2. The van der Waals surface area contributed by atoms with E-state index in [2.05, 4.69) is 18.1 Å². The molecule has 1 aliphatic rings. The Morgan fingerprint density at radius 1 is 0.971 bits per heavy atom. The van der Waals surface area contributed by atoms with Crippen LogP contribution in [0.1, 0.15) is 12.0 Å². The molecule has 3 aromatic rings. The molecular formula is C23H25N3O5S3. The number of sulfonamides is 2. The van der Waals surface area contributed by atoms with Crippen LogP contribution in [-0.4, -0.2) is 56.3 Å². The number of nitrogens with one attached hydrogen (secondary N) is 1. The fourth-order valence-electron chi connectivity index (χ4n) is 3.91. The first-order chi connectivity index (χ1) is 16.0. The van der Waals surface area contributed by atoms with Crippen LogP contribution in [0.15, 0.2) is 76.5 Å². The zero-order valence-electron chi connectivity index (χ0n) is 18.6. The van der Waals surface area contributed by atoms with Crippen LogP contribution in [0.5, 0.6) is 0 Å². The third-order valence-electron chi connectivity index (χ3n) is 5.81. The number of hydrogen-bond acceptors (Lipinski definition) is 6. The third-order valence-corrected chi connectivity index (χ3v) is 9.74. The molecule has 0 aromatic heterocycles. The van der Waals surface area contributed by atoms with Gasteiger partial charge in [0.05, 0.1) is 9.79 Å². The lowest BCUT2D eigenvalue weighted by Crippen LogP contribution is -2.52. The molecule has 3 aromatic carbocycles. The number of hydrogen-bond donors (Lipinski definition) is 2. The Hall–Kier alpha value is -2.44. The molecule has 0 bridgehead atoms. The lowest BCUT2D eigenvalue weighted by Gasteiger charge is -2.26. The summed E-state index contributed by atoms with van der Waals surface area (Å²) in [5.41, 5.74) is 3.24. The molecule has 0 saturated carbocycles. The fourth-order valence-corrected chi connectivity index (χ4v) is 7.08. The summed E-state index contributed by atoms with van der Waals surface area (Å²) < 4.78 is 54.4. The average molecular weight is 520 g/mol. The van der Waals surface area contributed by atoms with Crippen molar-refractivity contribution in [3.63, 3.8) is 0 Å². The lowest BCUT2D eigenvalue weighted by atomic mass is 10.1. The summed E-state index contributed by atoms with van der Waals surface area (Å²) in [5, 5.41) is 1.28. The number of amides is 1. The van der Waals surface area contributed by atoms with E-state index in [1.54, 1.807) is 24.3 Å². The van der Waals surface area contributed by atoms with Crippen molar-refractivity contribution >= 4 is 49.4 Å². The second kappa shape index (κ2) is 9.31. The molecule has 8 nitrogen and oxygen atoms in total. The van der Waals surface area contributed by atoms with Crippen LogP contribution in [0.2, 0.25) is 0 Å². The van der Waals surface area contributed by atoms with E-state index in [4.69, 9.17) is 0 Å². The maximum Gasteiger partial charge on any atom is 0.259 e. The topological polar surface area (TPSA) is 104 Å². The lowest BCUT2D eigenvalue weighted by molar-refractivity contribution is -0.126. The maximum atomic E-state index is 13.5. The molecule has 4 rings (SSSR count). The van der Waals surface area contributed by atoms with Gasteiger partial charge in [0.2, 0.25) is 10.0 Å². The van der Waals surface area contributed by atoms with E-state index in [1.165, 1.54) is 25.2 Å². The molecular weight excluding hydrogens is 494 g/mol. The highest BCUT2D eigenvalue weighted by molar-refractivity contribution is 7.89. The molecule has 1 saturated heterocycles. The molecule has 0 unspecified atom stereocenters. The van der Waals surface area contributed by atoms with E-state index in [1.807, 2.05) is 31.2 Å². The second-order valence-electron chi connectivity index (χ2n) is 8.25. The normalized spacial score (nSPS) is 19.5. The highest BCUT2D eigenvalue weighted by atomic mass is 32.2. The molecule has 1 fully saturated rings. The number of aryl methyl sites for hydroxylation is 1. The Morgan fingerprint density at radius 3 is 2.26 bits per heavy atom. The van der Waals surface area contributed by atoms with Gasteiger partial charge in [-0.15, -0.1) is 4.41 Å². The standard InChI is InChI=1S/C23H25N3O5S3/c1-16-7-10-20(11-8-16)33(28,29)25(2)24-23(27)22-14-19(32)15-26(22)34(30,31)21-12-9-17-5-3-4-6-18(17)13-21/h3-13,19,22,32H,14-15H2,1-2H3,(H,24,27)/t19-,22+/m1/s1. The van der Waals surface area contributed by atoms with Crippen LogP contribution < -0.4 is 5.43 Å². The second-order valence-corrected chi connectivity index (χ2v) is 12.8. The zero-order valence-corrected chi connectivity index (χ0v) is 21.1. The number of fused-ring (bicyclic) bond motifs is 1. The van der Waals surface area contributed by atoms with Gasteiger partial charge in [-0.25, -0.2) is 16.8 Å². The number of rotatable bonds is 6. The van der Waals surface area contributed by atoms with E-state index in [0.717, 1.165) is 20.6 Å². The molecule has 1 heterocycles. The summed E-state index contributed by atoms with van der Waals surface area (Å²) in [6, 6.07) is 17.3. The smallest absolute Gasteiger partial charge is 0.259 e.